The molecule has 4 nitrogen and oxygen atoms in total. The molecule has 0 aliphatic heterocycles. The molecule has 2 heterocycles. The van der Waals surface area contributed by atoms with Crippen molar-refractivity contribution in [3.05, 3.63) is 39.4 Å². The molecule has 0 aromatic carbocycles. The maximum Gasteiger partial charge on any atom is 0.158 e. The summed E-state index contributed by atoms with van der Waals surface area (Å²) in [5, 5.41) is 4.62. The first-order valence-corrected chi connectivity index (χ1v) is 6.75. The summed E-state index contributed by atoms with van der Waals surface area (Å²) in [4.78, 5) is 10.6. The molecule has 0 aliphatic carbocycles. The lowest BCUT2D eigenvalue weighted by Crippen LogP contribution is -2.18. The Hall–Kier alpha value is -1.17. The fraction of sp³-hybridized carbons (Fsp3) is 0.333. The molecule has 2 rings (SSSR count). The highest BCUT2D eigenvalue weighted by Gasteiger charge is 2.08. The van der Waals surface area contributed by atoms with Gasteiger partial charge in [0.1, 0.15) is 17.6 Å². The van der Waals surface area contributed by atoms with E-state index in [0.717, 1.165) is 12.4 Å². The molecule has 0 spiro atoms. The van der Waals surface area contributed by atoms with Crippen LogP contribution in [0, 0.1) is 0 Å². The average Bonchev–Trinajstić information content (AvgIpc) is 2.81. The van der Waals surface area contributed by atoms with Crippen LogP contribution in [-0.2, 0) is 17.9 Å². The van der Waals surface area contributed by atoms with E-state index in [2.05, 4.69) is 26.8 Å². The van der Waals surface area contributed by atoms with Crippen molar-refractivity contribution in [1.29, 1.82) is 0 Å². The maximum absolute atomic E-state index is 5.98. The SMILES string of the molecule is COCc1nc(Cl)cc(N(C)Cc2ccsc2)n1. The van der Waals surface area contributed by atoms with E-state index in [-0.39, 0.29) is 0 Å². The lowest BCUT2D eigenvalue weighted by Gasteiger charge is -2.18. The Morgan fingerprint density at radius 3 is 2.94 bits per heavy atom. The van der Waals surface area contributed by atoms with Gasteiger partial charge >= 0.3 is 0 Å². The summed E-state index contributed by atoms with van der Waals surface area (Å²) in [6.45, 7) is 1.16. The number of aromatic nitrogens is 2. The van der Waals surface area contributed by atoms with Gasteiger partial charge in [-0.05, 0) is 22.4 Å². The third-order valence-electron chi connectivity index (χ3n) is 2.39. The van der Waals surface area contributed by atoms with Crippen molar-refractivity contribution >= 4 is 28.8 Å². The summed E-state index contributed by atoms with van der Waals surface area (Å²) in [6.07, 6.45) is 0. The smallest absolute Gasteiger partial charge is 0.158 e. The molecule has 0 atom stereocenters. The lowest BCUT2D eigenvalue weighted by atomic mass is 10.3. The predicted molar refractivity (Wildman–Crippen MR) is 74.2 cm³/mol. The highest BCUT2D eigenvalue weighted by atomic mass is 35.5. The van der Waals surface area contributed by atoms with Crippen LogP contribution in [0.2, 0.25) is 5.15 Å². The third kappa shape index (κ3) is 3.41. The van der Waals surface area contributed by atoms with Crippen molar-refractivity contribution in [1.82, 2.24) is 9.97 Å². The molecule has 0 saturated carbocycles. The number of ether oxygens (including phenoxy) is 1. The van der Waals surface area contributed by atoms with Gasteiger partial charge in [-0.15, -0.1) is 0 Å². The van der Waals surface area contributed by atoms with Gasteiger partial charge in [-0.25, -0.2) is 9.97 Å². The standard InChI is InChI=1S/C12H14ClN3OS/c1-16(6-9-3-4-18-8-9)12-5-10(13)14-11(15-12)7-17-2/h3-5,8H,6-7H2,1-2H3. The number of halogens is 1. The van der Waals surface area contributed by atoms with E-state index >= 15 is 0 Å². The van der Waals surface area contributed by atoms with E-state index in [0.29, 0.717) is 17.6 Å². The zero-order valence-corrected chi connectivity index (χ0v) is 11.8. The van der Waals surface area contributed by atoms with Crippen LogP contribution in [0.3, 0.4) is 0 Å². The summed E-state index contributed by atoms with van der Waals surface area (Å²) in [6, 6.07) is 3.85. The second kappa shape index (κ2) is 6.13. The average molecular weight is 284 g/mol. The van der Waals surface area contributed by atoms with E-state index in [1.165, 1.54) is 5.56 Å². The molecule has 0 unspecified atom stereocenters. The van der Waals surface area contributed by atoms with Gasteiger partial charge in [-0.1, -0.05) is 11.6 Å². The van der Waals surface area contributed by atoms with Crippen molar-refractivity contribution in [2.24, 2.45) is 0 Å². The Labute approximate surface area is 115 Å². The Balaban J connectivity index is 2.16. The van der Waals surface area contributed by atoms with Crippen LogP contribution in [0.4, 0.5) is 5.82 Å². The number of hydrogen-bond donors (Lipinski definition) is 0. The summed E-state index contributed by atoms with van der Waals surface area (Å²) < 4.78 is 5.02. The van der Waals surface area contributed by atoms with Crippen molar-refractivity contribution in [2.45, 2.75) is 13.2 Å². The lowest BCUT2D eigenvalue weighted by molar-refractivity contribution is 0.178. The quantitative estimate of drug-likeness (QED) is 0.791. The molecule has 0 saturated heterocycles. The molecular weight excluding hydrogens is 270 g/mol. The van der Waals surface area contributed by atoms with Crippen LogP contribution in [0.5, 0.6) is 0 Å². The number of nitrogens with zero attached hydrogens (tertiary/aromatic N) is 3. The zero-order chi connectivity index (χ0) is 13.0. The van der Waals surface area contributed by atoms with Gasteiger partial charge in [0.05, 0.1) is 0 Å². The zero-order valence-electron chi connectivity index (χ0n) is 10.3. The van der Waals surface area contributed by atoms with E-state index in [1.54, 1.807) is 24.5 Å². The van der Waals surface area contributed by atoms with Crippen LogP contribution < -0.4 is 4.90 Å². The number of methoxy groups -OCH3 is 1. The van der Waals surface area contributed by atoms with Crippen molar-refractivity contribution in [2.75, 3.05) is 19.1 Å². The Kier molecular flexibility index (Phi) is 4.52. The van der Waals surface area contributed by atoms with Crippen molar-refractivity contribution in [3.63, 3.8) is 0 Å². The van der Waals surface area contributed by atoms with Gasteiger partial charge in [-0.2, -0.15) is 11.3 Å². The van der Waals surface area contributed by atoms with Crippen LogP contribution in [-0.4, -0.2) is 24.1 Å². The largest absolute Gasteiger partial charge is 0.377 e. The molecule has 6 heteroatoms. The second-order valence-electron chi connectivity index (χ2n) is 3.89. The highest BCUT2D eigenvalue weighted by Crippen LogP contribution is 2.18. The van der Waals surface area contributed by atoms with Crippen molar-refractivity contribution in [3.8, 4) is 0 Å². The monoisotopic (exact) mass is 283 g/mol. The molecule has 18 heavy (non-hydrogen) atoms. The van der Waals surface area contributed by atoms with E-state index in [9.17, 15) is 0 Å². The first-order valence-electron chi connectivity index (χ1n) is 5.43. The number of rotatable bonds is 5. The summed E-state index contributed by atoms with van der Waals surface area (Å²) in [7, 11) is 3.59. The summed E-state index contributed by atoms with van der Waals surface area (Å²) in [5.74, 6) is 1.39. The topological polar surface area (TPSA) is 38.2 Å². The summed E-state index contributed by atoms with van der Waals surface area (Å²) in [5.41, 5.74) is 1.26. The fourth-order valence-electron chi connectivity index (χ4n) is 1.58. The first-order chi connectivity index (χ1) is 8.69. The molecular formula is C12H14ClN3OS. The third-order valence-corrected chi connectivity index (χ3v) is 3.32. The van der Waals surface area contributed by atoms with Crippen LogP contribution in [0.25, 0.3) is 0 Å². The molecule has 0 radical (unpaired) electrons. The van der Waals surface area contributed by atoms with Crippen molar-refractivity contribution < 1.29 is 4.74 Å². The highest BCUT2D eigenvalue weighted by molar-refractivity contribution is 7.07. The molecule has 96 valence electrons. The first kappa shape index (κ1) is 13.3. The van der Waals surface area contributed by atoms with E-state index < -0.39 is 0 Å². The molecule has 0 bridgehead atoms. The molecule has 0 N–H and O–H groups in total. The van der Waals surface area contributed by atoms with E-state index in [1.807, 2.05) is 11.9 Å². The Bertz CT molecular complexity index is 504. The minimum Gasteiger partial charge on any atom is -0.377 e. The Morgan fingerprint density at radius 2 is 2.28 bits per heavy atom. The van der Waals surface area contributed by atoms with Crippen LogP contribution in [0.15, 0.2) is 22.9 Å². The predicted octanol–water partition coefficient (Wildman–Crippen LogP) is 2.97. The van der Waals surface area contributed by atoms with Crippen LogP contribution >= 0.6 is 22.9 Å². The molecule has 0 amide bonds. The van der Waals surface area contributed by atoms with Gasteiger partial charge in [0.15, 0.2) is 5.82 Å². The minimum atomic E-state index is 0.361. The number of thiophene rings is 1. The molecule has 0 fully saturated rings. The number of anilines is 1. The normalized spacial score (nSPS) is 10.6. The van der Waals surface area contributed by atoms with E-state index in [4.69, 9.17) is 16.3 Å². The second-order valence-corrected chi connectivity index (χ2v) is 5.05. The Morgan fingerprint density at radius 1 is 1.44 bits per heavy atom. The molecule has 2 aromatic rings. The summed E-state index contributed by atoms with van der Waals surface area (Å²) >= 11 is 7.67. The van der Waals surface area contributed by atoms with Gasteiger partial charge in [0.25, 0.3) is 0 Å². The molecule has 2 aromatic heterocycles. The minimum absolute atomic E-state index is 0.361. The number of hydrogen-bond acceptors (Lipinski definition) is 5. The fourth-order valence-corrected chi connectivity index (χ4v) is 2.43. The van der Waals surface area contributed by atoms with Gasteiger partial charge in [0.2, 0.25) is 0 Å². The molecule has 0 aliphatic rings. The van der Waals surface area contributed by atoms with Crippen LogP contribution in [0.1, 0.15) is 11.4 Å². The van der Waals surface area contributed by atoms with Gasteiger partial charge in [0, 0.05) is 26.8 Å². The maximum atomic E-state index is 5.98. The van der Waals surface area contributed by atoms with Gasteiger partial charge in [-0.3, -0.25) is 0 Å². The van der Waals surface area contributed by atoms with Gasteiger partial charge < -0.3 is 9.64 Å².